The van der Waals surface area contributed by atoms with E-state index in [9.17, 15) is 14.7 Å². The van der Waals surface area contributed by atoms with E-state index in [4.69, 9.17) is 4.74 Å². The number of carbonyl (C=O) groups excluding carboxylic acids is 2. The molecule has 1 amide bonds. The summed E-state index contributed by atoms with van der Waals surface area (Å²) in [5, 5.41) is 12.6. The van der Waals surface area contributed by atoms with Crippen molar-refractivity contribution in [1.29, 1.82) is 0 Å². The molecule has 0 aliphatic carbocycles. The van der Waals surface area contributed by atoms with Crippen molar-refractivity contribution in [2.45, 2.75) is 38.8 Å². The van der Waals surface area contributed by atoms with E-state index >= 15 is 0 Å². The Morgan fingerprint density at radius 1 is 1.08 bits per heavy atom. The molecule has 1 atom stereocenters. The lowest BCUT2D eigenvalue weighted by Gasteiger charge is -2.25. The Labute approximate surface area is 215 Å². The topological polar surface area (TPSA) is 95.5 Å². The fraction of sp³-hybridized carbons (Fsp3) is 0.233. The van der Waals surface area contributed by atoms with Gasteiger partial charge in [0.25, 0.3) is 11.7 Å². The van der Waals surface area contributed by atoms with Gasteiger partial charge in [-0.2, -0.15) is 0 Å². The van der Waals surface area contributed by atoms with Gasteiger partial charge in [0, 0.05) is 28.9 Å². The molecule has 188 valence electrons. The second kappa shape index (κ2) is 9.24. The van der Waals surface area contributed by atoms with Gasteiger partial charge in [-0.1, -0.05) is 51.1 Å². The highest BCUT2D eigenvalue weighted by atomic mass is 16.5. The lowest BCUT2D eigenvalue weighted by molar-refractivity contribution is -0.140. The molecule has 1 unspecified atom stereocenters. The van der Waals surface area contributed by atoms with Crippen molar-refractivity contribution >= 4 is 28.4 Å². The third-order valence-corrected chi connectivity index (χ3v) is 6.83. The molecule has 7 heteroatoms. The van der Waals surface area contributed by atoms with Gasteiger partial charge in [-0.05, 0) is 41.3 Å². The molecule has 0 spiro atoms. The fourth-order valence-corrected chi connectivity index (χ4v) is 4.86. The molecule has 37 heavy (non-hydrogen) atoms. The third kappa shape index (κ3) is 4.27. The summed E-state index contributed by atoms with van der Waals surface area (Å²) in [4.78, 5) is 36.1. The van der Waals surface area contributed by atoms with Crippen LogP contribution in [0.25, 0.3) is 16.7 Å². The normalized spacial score (nSPS) is 17.5. The smallest absolute Gasteiger partial charge is 0.296 e. The third-order valence-electron chi connectivity index (χ3n) is 6.83. The predicted octanol–water partition coefficient (Wildman–Crippen LogP) is 5.49. The van der Waals surface area contributed by atoms with Crippen LogP contribution >= 0.6 is 0 Å². The number of aliphatic hydroxyl groups excluding tert-OH is 1. The fourth-order valence-electron chi connectivity index (χ4n) is 4.86. The quantitative estimate of drug-likeness (QED) is 0.217. The van der Waals surface area contributed by atoms with Crippen molar-refractivity contribution in [3.8, 4) is 5.75 Å². The Kier molecular flexibility index (Phi) is 6.07. The Balaban J connectivity index is 1.75. The number of hydrogen-bond acceptors (Lipinski definition) is 5. The second-order valence-corrected chi connectivity index (χ2v) is 10.2. The number of nitrogens with one attached hydrogen (secondary N) is 1. The zero-order valence-corrected chi connectivity index (χ0v) is 21.3. The standard InChI is InChI=1S/C30H29N3O4/c1-30(2,3)18-12-13-24(37-4)21(15-18)27(34)25-26(22-16-32-23-11-6-5-10-20(22)23)33(29(36)28(25)35)17-19-9-7-8-14-31-19/h5-16,26,32,34H,17H2,1-4H3/b27-25+. The molecule has 1 fully saturated rings. The number of ether oxygens (including phenoxy) is 1. The van der Waals surface area contributed by atoms with Gasteiger partial charge in [-0.25, -0.2) is 0 Å². The molecular weight excluding hydrogens is 466 g/mol. The summed E-state index contributed by atoms with van der Waals surface area (Å²) in [6, 6.07) is 17.8. The predicted molar refractivity (Wildman–Crippen MR) is 142 cm³/mol. The molecule has 1 saturated heterocycles. The number of nitrogens with zero attached hydrogens (tertiary/aromatic N) is 2. The number of benzene rings is 2. The maximum absolute atomic E-state index is 13.6. The number of carbonyl (C=O) groups is 2. The van der Waals surface area contributed by atoms with Crippen molar-refractivity contribution in [3.05, 3.63) is 101 Å². The molecule has 0 radical (unpaired) electrons. The van der Waals surface area contributed by atoms with Gasteiger partial charge in [-0.3, -0.25) is 14.6 Å². The number of hydrogen-bond donors (Lipinski definition) is 2. The number of aromatic amines is 1. The number of ketones is 1. The number of amides is 1. The molecule has 1 aliphatic rings. The minimum atomic E-state index is -0.818. The number of para-hydroxylation sites is 1. The largest absolute Gasteiger partial charge is 0.507 e. The van der Waals surface area contributed by atoms with Gasteiger partial charge in [0.2, 0.25) is 0 Å². The van der Waals surface area contributed by atoms with Crippen LogP contribution in [-0.4, -0.2) is 38.8 Å². The first-order valence-corrected chi connectivity index (χ1v) is 12.1. The van der Waals surface area contributed by atoms with Gasteiger partial charge in [0.15, 0.2) is 0 Å². The van der Waals surface area contributed by atoms with Gasteiger partial charge < -0.3 is 19.7 Å². The minimum absolute atomic E-state index is 0.0232. The van der Waals surface area contributed by atoms with Crippen LogP contribution in [0.15, 0.2) is 78.6 Å². The number of methoxy groups -OCH3 is 1. The maximum atomic E-state index is 13.6. The van der Waals surface area contributed by atoms with E-state index in [1.807, 2.05) is 42.5 Å². The van der Waals surface area contributed by atoms with Crippen molar-refractivity contribution in [1.82, 2.24) is 14.9 Å². The molecular formula is C30H29N3O4. The Morgan fingerprint density at radius 2 is 1.84 bits per heavy atom. The second-order valence-electron chi connectivity index (χ2n) is 10.2. The average molecular weight is 496 g/mol. The van der Waals surface area contributed by atoms with E-state index in [1.54, 1.807) is 30.6 Å². The van der Waals surface area contributed by atoms with Gasteiger partial charge in [0.05, 0.1) is 36.5 Å². The zero-order chi connectivity index (χ0) is 26.3. The molecule has 0 bridgehead atoms. The van der Waals surface area contributed by atoms with Gasteiger partial charge in [-0.15, -0.1) is 0 Å². The van der Waals surface area contributed by atoms with Gasteiger partial charge >= 0.3 is 0 Å². The summed E-state index contributed by atoms with van der Waals surface area (Å²) in [6.45, 7) is 6.31. The van der Waals surface area contributed by atoms with Crippen LogP contribution in [0.1, 0.15) is 49.2 Å². The van der Waals surface area contributed by atoms with Crippen LogP contribution in [0, 0.1) is 0 Å². The molecule has 5 rings (SSSR count). The Bertz CT molecular complexity index is 1530. The molecule has 2 aromatic heterocycles. The first kappa shape index (κ1) is 24.3. The number of rotatable bonds is 5. The van der Waals surface area contributed by atoms with Crippen LogP contribution < -0.4 is 4.74 Å². The van der Waals surface area contributed by atoms with Crippen LogP contribution in [0.5, 0.6) is 5.75 Å². The Hall–Kier alpha value is -4.39. The number of pyridine rings is 1. The Morgan fingerprint density at radius 3 is 2.54 bits per heavy atom. The summed E-state index contributed by atoms with van der Waals surface area (Å²) in [6.07, 6.45) is 3.44. The molecule has 2 N–H and O–H groups in total. The van der Waals surface area contributed by atoms with Gasteiger partial charge in [0.1, 0.15) is 11.5 Å². The lowest BCUT2D eigenvalue weighted by Crippen LogP contribution is -2.29. The number of fused-ring (bicyclic) bond motifs is 1. The summed E-state index contributed by atoms with van der Waals surface area (Å²) < 4.78 is 5.55. The van der Waals surface area contributed by atoms with Crippen molar-refractivity contribution < 1.29 is 19.4 Å². The highest BCUT2D eigenvalue weighted by molar-refractivity contribution is 6.46. The van der Waals surface area contributed by atoms with E-state index in [-0.39, 0.29) is 23.3 Å². The minimum Gasteiger partial charge on any atom is -0.507 e. The van der Waals surface area contributed by atoms with E-state index in [0.717, 1.165) is 22.0 Å². The van der Waals surface area contributed by atoms with E-state index in [1.165, 1.54) is 12.0 Å². The molecule has 3 heterocycles. The SMILES string of the molecule is COc1ccc(C(C)(C)C)cc1/C(O)=C1\C(=O)C(=O)N(Cc2ccccn2)C1c1c[nH]c2ccccc12. The summed E-state index contributed by atoms with van der Waals surface area (Å²) >= 11 is 0. The van der Waals surface area contributed by atoms with Crippen molar-refractivity contribution in [2.75, 3.05) is 7.11 Å². The highest BCUT2D eigenvalue weighted by Gasteiger charge is 2.47. The number of H-pyrrole nitrogens is 1. The van der Waals surface area contributed by atoms with Crippen LogP contribution in [0.3, 0.4) is 0 Å². The average Bonchev–Trinajstić information content (AvgIpc) is 3.42. The van der Waals surface area contributed by atoms with Crippen molar-refractivity contribution in [3.63, 3.8) is 0 Å². The molecule has 0 saturated carbocycles. The summed E-state index contributed by atoms with van der Waals surface area (Å²) in [5.41, 5.74) is 3.38. The molecule has 2 aromatic carbocycles. The highest BCUT2D eigenvalue weighted by Crippen LogP contribution is 2.44. The molecule has 4 aromatic rings. The van der Waals surface area contributed by atoms with E-state index < -0.39 is 17.7 Å². The summed E-state index contributed by atoms with van der Waals surface area (Å²) in [5.74, 6) is -1.28. The van der Waals surface area contributed by atoms with E-state index in [0.29, 0.717) is 17.0 Å². The van der Waals surface area contributed by atoms with Crippen molar-refractivity contribution in [2.24, 2.45) is 0 Å². The zero-order valence-electron chi connectivity index (χ0n) is 21.3. The molecule has 1 aliphatic heterocycles. The molecule has 7 nitrogen and oxygen atoms in total. The van der Waals surface area contributed by atoms with Crippen LogP contribution in [0.4, 0.5) is 0 Å². The monoisotopic (exact) mass is 495 g/mol. The number of likely N-dealkylation sites (tertiary alicyclic amines) is 1. The maximum Gasteiger partial charge on any atom is 0.296 e. The number of Topliss-reactive ketones (excluding diaryl/α,β-unsaturated/α-hetero) is 1. The number of aliphatic hydroxyl groups is 1. The van der Waals surface area contributed by atoms with E-state index in [2.05, 4.69) is 30.7 Å². The first-order valence-electron chi connectivity index (χ1n) is 12.1. The number of aromatic nitrogens is 2. The van der Waals surface area contributed by atoms with Crippen LogP contribution in [0.2, 0.25) is 0 Å². The van der Waals surface area contributed by atoms with Crippen LogP contribution in [-0.2, 0) is 21.5 Å². The lowest BCUT2D eigenvalue weighted by atomic mass is 9.85. The first-order chi connectivity index (χ1) is 17.7. The summed E-state index contributed by atoms with van der Waals surface area (Å²) in [7, 11) is 1.51.